The average Bonchev–Trinajstić information content (AvgIpc) is 3.80. The molecule has 15 heteroatoms. The Morgan fingerprint density at radius 3 is 2.54 bits per heavy atom. The van der Waals surface area contributed by atoms with E-state index in [0.29, 0.717) is 64.8 Å². The minimum absolute atomic E-state index is 0.0572. The molecule has 15 nitrogen and oxygen atoms in total. The molecule has 1 aliphatic carbocycles. The number of piperidine rings is 1. The topological polar surface area (TPSA) is 157 Å². The van der Waals surface area contributed by atoms with Crippen LogP contribution in [-0.2, 0) is 37.8 Å². The molecule has 0 spiro atoms. The molecule has 4 aromatic heterocycles. The van der Waals surface area contributed by atoms with E-state index in [4.69, 9.17) is 9.97 Å². The Hall–Kier alpha value is -6.32. The molecular formula is C50H61N11O4. The number of nitrogens with zero attached hydrogens (tertiary/aromatic N) is 9. The summed E-state index contributed by atoms with van der Waals surface area (Å²) in [6.07, 6.45) is 8.49. The summed E-state index contributed by atoms with van der Waals surface area (Å²) in [4.78, 5) is 63.9. The monoisotopic (exact) mass is 879 g/mol. The average molecular weight is 880 g/mol. The van der Waals surface area contributed by atoms with Crippen molar-refractivity contribution in [2.24, 2.45) is 12.5 Å². The van der Waals surface area contributed by atoms with Crippen molar-refractivity contribution in [3.63, 3.8) is 0 Å². The molecular weight excluding hydrogens is 819 g/mol. The maximum Gasteiger partial charge on any atom is 0.293 e. The largest absolute Gasteiger partial charge is 0.392 e. The highest BCUT2D eigenvalue weighted by molar-refractivity contribution is 6.06. The van der Waals surface area contributed by atoms with Gasteiger partial charge in [-0.15, -0.1) is 0 Å². The maximum atomic E-state index is 14.0. The van der Waals surface area contributed by atoms with Gasteiger partial charge in [-0.2, -0.15) is 0 Å². The molecule has 340 valence electrons. The number of aliphatic hydroxyl groups excluding tert-OH is 1. The van der Waals surface area contributed by atoms with Gasteiger partial charge in [-0.3, -0.25) is 24.2 Å². The fraction of sp³-hybridized carbons (Fsp3) is 0.440. The van der Waals surface area contributed by atoms with Crippen LogP contribution in [0.1, 0.15) is 86.4 Å². The Labute approximate surface area is 380 Å². The molecule has 0 saturated carbocycles. The van der Waals surface area contributed by atoms with Crippen LogP contribution in [0.5, 0.6) is 0 Å². The zero-order valence-corrected chi connectivity index (χ0v) is 38.5. The van der Waals surface area contributed by atoms with Crippen LogP contribution in [0.15, 0.2) is 78.4 Å². The normalized spacial score (nSPS) is 18.8. The Morgan fingerprint density at radius 2 is 1.80 bits per heavy atom. The number of fused-ring (bicyclic) bond motifs is 3. The molecule has 65 heavy (non-hydrogen) atoms. The Balaban J connectivity index is 0.923. The molecule has 9 rings (SSSR count). The van der Waals surface area contributed by atoms with Gasteiger partial charge < -0.3 is 34.7 Å². The highest BCUT2D eigenvalue weighted by Gasteiger charge is 2.38. The van der Waals surface area contributed by atoms with Crippen molar-refractivity contribution in [2.75, 3.05) is 64.6 Å². The van der Waals surface area contributed by atoms with Crippen LogP contribution in [0.3, 0.4) is 0 Å². The highest BCUT2D eigenvalue weighted by Crippen LogP contribution is 2.40. The summed E-state index contributed by atoms with van der Waals surface area (Å²) >= 11 is 0. The Bertz CT molecular complexity index is 2710. The van der Waals surface area contributed by atoms with E-state index in [0.717, 1.165) is 75.6 Å². The van der Waals surface area contributed by atoms with E-state index in [2.05, 4.69) is 94.3 Å². The molecule has 4 aliphatic rings. The van der Waals surface area contributed by atoms with E-state index in [1.54, 1.807) is 30.4 Å². The molecule has 1 aromatic carbocycles. The van der Waals surface area contributed by atoms with Crippen LogP contribution < -0.4 is 30.9 Å². The minimum atomic E-state index is -0.397. The number of amides is 2. The lowest BCUT2D eigenvalue weighted by molar-refractivity contribution is -0.111. The Kier molecular flexibility index (Phi) is 11.9. The van der Waals surface area contributed by atoms with Gasteiger partial charge in [0.2, 0.25) is 5.91 Å². The molecule has 3 N–H and O–H groups in total. The lowest BCUT2D eigenvalue weighted by Crippen LogP contribution is -2.57. The molecule has 1 atom stereocenters. The number of aromatic nitrogens is 5. The van der Waals surface area contributed by atoms with E-state index in [-0.39, 0.29) is 34.6 Å². The zero-order valence-electron chi connectivity index (χ0n) is 38.5. The third-order valence-electron chi connectivity index (χ3n) is 13.7. The molecule has 0 radical (unpaired) electrons. The van der Waals surface area contributed by atoms with Gasteiger partial charge in [0.15, 0.2) is 5.82 Å². The number of aliphatic hydroxyl groups is 1. The first-order valence-corrected chi connectivity index (χ1v) is 23.0. The van der Waals surface area contributed by atoms with Crippen molar-refractivity contribution in [3.8, 4) is 11.3 Å². The van der Waals surface area contributed by atoms with Crippen LogP contribution in [0, 0.1) is 5.41 Å². The van der Waals surface area contributed by atoms with E-state index < -0.39 is 6.61 Å². The van der Waals surface area contributed by atoms with Gasteiger partial charge in [-0.1, -0.05) is 40.3 Å². The second-order valence-corrected chi connectivity index (χ2v) is 19.2. The highest BCUT2D eigenvalue weighted by atomic mass is 16.3. The van der Waals surface area contributed by atoms with E-state index in [1.165, 1.54) is 21.9 Å². The predicted octanol–water partition coefficient (Wildman–Crippen LogP) is 6.49. The number of benzene rings is 1. The Morgan fingerprint density at radius 1 is 1.00 bits per heavy atom. The van der Waals surface area contributed by atoms with Crippen molar-refractivity contribution in [2.45, 2.75) is 91.5 Å². The first-order valence-electron chi connectivity index (χ1n) is 23.0. The number of anilines is 6. The lowest BCUT2D eigenvalue weighted by Gasteiger charge is -2.47. The van der Waals surface area contributed by atoms with Crippen LogP contribution in [0.4, 0.5) is 34.5 Å². The number of piperazine rings is 1. The molecule has 2 saturated heterocycles. The number of hydrogen-bond donors (Lipinski definition) is 3. The van der Waals surface area contributed by atoms with E-state index >= 15 is 0 Å². The summed E-state index contributed by atoms with van der Waals surface area (Å²) in [6, 6.07) is 16.4. The molecule has 2 fully saturated rings. The van der Waals surface area contributed by atoms with Crippen molar-refractivity contribution < 1.29 is 14.7 Å². The third kappa shape index (κ3) is 8.54. The first-order chi connectivity index (χ1) is 31.2. The molecule has 5 aromatic rings. The second-order valence-electron chi connectivity index (χ2n) is 19.2. The van der Waals surface area contributed by atoms with Crippen molar-refractivity contribution in [1.29, 1.82) is 0 Å². The summed E-state index contributed by atoms with van der Waals surface area (Å²) in [5, 5.41) is 17.1. The third-order valence-corrected chi connectivity index (χ3v) is 13.7. The summed E-state index contributed by atoms with van der Waals surface area (Å²) < 4.78 is 3.59. The summed E-state index contributed by atoms with van der Waals surface area (Å²) in [5.74, 6) is 1.39. The smallest absolute Gasteiger partial charge is 0.293 e. The van der Waals surface area contributed by atoms with Crippen LogP contribution >= 0.6 is 0 Å². The number of aryl methyl sites for hydroxylation is 1. The fourth-order valence-electron chi connectivity index (χ4n) is 10.4. The van der Waals surface area contributed by atoms with Gasteiger partial charge in [0.25, 0.3) is 11.5 Å². The second kappa shape index (κ2) is 17.6. The molecule has 1 unspecified atom stereocenters. The number of carbonyl (C=O) groups excluding carboxylic acids is 2. The molecule has 3 aliphatic heterocycles. The first kappa shape index (κ1) is 43.9. The summed E-state index contributed by atoms with van der Waals surface area (Å²) in [7, 11) is 1.65. The standard InChI is InChI=1S/C50H61N11O4/c1-8-45(63)54-39-25-34(12-13-41(39)59-21-20-58(28-32(59)4)35-15-18-57(19-16-35)44-11-9-10-38(53-44)31(2)3)52-46-49(65)56(7)29-40(55-46)36-14-17-51-47(37(36)30-62)61-23-22-60-42(48(61)64)24-33-26-50(5,6)27-43(33)60/h8-14,17,24-25,29,31-32,35,62H,1,15-16,18-23,26-28,30H2,2-7H3,(H,52,55)(H,54,63). The SMILES string of the molecule is C=CC(=O)Nc1cc(Nc2nc(-c3ccnc(N4CCn5c(cc6c5CC(C)(C)C6)C4=O)c3CO)cn(C)c2=O)ccc1N1CCN(C2CCN(c3cccc(C(C)C)n3)CC2)CC1C. The van der Waals surface area contributed by atoms with Gasteiger partial charge in [0.05, 0.1) is 23.7 Å². The molecule has 0 bridgehead atoms. The summed E-state index contributed by atoms with van der Waals surface area (Å²) in [6.45, 7) is 19.9. The van der Waals surface area contributed by atoms with Gasteiger partial charge in [-0.05, 0) is 98.0 Å². The molecule has 7 heterocycles. The predicted molar refractivity (Wildman–Crippen MR) is 256 cm³/mol. The minimum Gasteiger partial charge on any atom is -0.392 e. The van der Waals surface area contributed by atoms with Gasteiger partial charge >= 0.3 is 0 Å². The zero-order chi connectivity index (χ0) is 45.7. The number of pyridine rings is 2. The van der Waals surface area contributed by atoms with Crippen molar-refractivity contribution in [1.82, 2.24) is 29.0 Å². The number of hydrogen-bond acceptors (Lipinski definition) is 11. The quantitative estimate of drug-likeness (QED) is 0.125. The maximum absolute atomic E-state index is 14.0. The fourth-order valence-corrected chi connectivity index (χ4v) is 10.4. The number of nitrogens with one attached hydrogen (secondary N) is 2. The number of carbonyl (C=O) groups is 2. The van der Waals surface area contributed by atoms with Gasteiger partial charge in [0.1, 0.15) is 17.3 Å². The molecule has 2 amide bonds. The van der Waals surface area contributed by atoms with Crippen LogP contribution in [0.25, 0.3) is 11.3 Å². The van der Waals surface area contributed by atoms with Crippen LogP contribution in [0.2, 0.25) is 0 Å². The van der Waals surface area contributed by atoms with E-state index in [9.17, 15) is 19.5 Å². The van der Waals surface area contributed by atoms with Crippen molar-refractivity contribution in [3.05, 3.63) is 112 Å². The van der Waals surface area contributed by atoms with Crippen molar-refractivity contribution >= 4 is 46.3 Å². The van der Waals surface area contributed by atoms with Gasteiger partial charge in [-0.25, -0.2) is 15.0 Å². The lowest BCUT2D eigenvalue weighted by atomic mass is 9.90. The summed E-state index contributed by atoms with van der Waals surface area (Å²) in [5.41, 5.74) is 7.45. The van der Waals surface area contributed by atoms with Gasteiger partial charge in [0, 0.05) is 106 Å². The van der Waals surface area contributed by atoms with Crippen LogP contribution in [-0.4, -0.2) is 97.3 Å². The number of rotatable bonds is 11. The van der Waals surface area contributed by atoms with E-state index in [1.807, 2.05) is 24.3 Å².